The number of aromatic nitrogens is 1. The van der Waals surface area contributed by atoms with E-state index in [2.05, 4.69) is 28.1 Å². The first kappa shape index (κ1) is 20.1. The van der Waals surface area contributed by atoms with Crippen LogP contribution < -0.4 is 4.90 Å². The fraction of sp³-hybridized carbons (Fsp3) is 0.238. The monoisotopic (exact) mass is 447 g/mol. The molecule has 1 N–H and O–H groups in total. The zero-order chi connectivity index (χ0) is 20.4. The molecule has 0 spiro atoms. The summed E-state index contributed by atoms with van der Waals surface area (Å²) in [4.78, 5) is 21.7. The number of rotatable bonds is 3. The van der Waals surface area contributed by atoms with Gasteiger partial charge in [0.1, 0.15) is 5.82 Å². The van der Waals surface area contributed by atoms with E-state index in [1.165, 1.54) is 4.90 Å². The average Bonchev–Trinajstić information content (AvgIpc) is 2.97. The van der Waals surface area contributed by atoms with Crippen LogP contribution in [0.5, 0.6) is 0 Å². The van der Waals surface area contributed by atoms with Crippen molar-refractivity contribution in [2.75, 3.05) is 31.1 Å². The average molecular weight is 448 g/mol. The Bertz CT molecular complexity index is 1060. The molecule has 1 saturated heterocycles. The molecule has 1 amide bonds. The van der Waals surface area contributed by atoms with E-state index < -0.39 is 6.09 Å². The first-order valence-electron chi connectivity index (χ1n) is 9.26. The van der Waals surface area contributed by atoms with Crippen LogP contribution in [0.15, 0.2) is 58.5 Å². The SMILES string of the molecule is O=C(O)N1CCCN(c2nccc3ccc(Sc4ccc(Cl)c(Cl)c4)cc23)CC1. The van der Waals surface area contributed by atoms with Crippen LogP contribution in [0.4, 0.5) is 10.6 Å². The second kappa shape index (κ2) is 8.69. The van der Waals surface area contributed by atoms with E-state index in [0.717, 1.165) is 39.3 Å². The largest absolute Gasteiger partial charge is 0.465 e. The molecule has 0 radical (unpaired) electrons. The molecule has 1 aromatic heterocycles. The maximum atomic E-state index is 11.3. The Hall–Kier alpha value is -2.15. The van der Waals surface area contributed by atoms with Gasteiger partial charge in [0.2, 0.25) is 0 Å². The normalized spacial score (nSPS) is 14.8. The molecule has 0 atom stereocenters. The number of benzene rings is 2. The highest BCUT2D eigenvalue weighted by Crippen LogP contribution is 2.35. The minimum absolute atomic E-state index is 0.477. The Balaban J connectivity index is 1.64. The lowest BCUT2D eigenvalue weighted by molar-refractivity contribution is 0.148. The van der Waals surface area contributed by atoms with Gasteiger partial charge in [-0.15, -0.1) is 0 Å². The summed E-state index contributed by atoms with van der Waals surface area (Å²) in [7, 11) is 0. The highest BCUT2D eigenvalue weighted by atomic mass is 35.5. The van der Waals surface area contributed by atoms with Crippen molar-refractivity contribution in [1.29, 1.82) is 0 Å². The van der Waals surface area contributed by atoms with E-state index in [9.17, 15) is 9.90 Å². The van der Waals surface area contributed by atoms with Gasteiger partial charge in [0.25, 0.3) is 0 Å². The highest BCUT2D eigenvalue weighted by Gasteiger charge is 2.20. The van der Waals surface area contributed by atoms with Crippen molar-refractivity contribution in [3.05, 3.63) is 58.7 Å². The van der Waals surface area contributed by atoms with Crippen molar-refractivity contribution in [1.82, 2.24) is 9.88 Å². The van der Waals surface area contributed by atoms with Crippen LogP contribution in [0.25, 0.3) is 10.8 Å². The van der Waals surface area contributed by atoms with Gasteiger partial charge in [-0.1, -0.05) is 41.0 Å². The smallest absolute Gasteiger partial charge is 0.407 e. The van der Waals surface area contributed by atoms with Crippen molar-refractivity contribution in [3.8, 4) is 0 Å². The van der Waals surface area contributed by atoms with Gasteiger partial charge in [-0.05, 0) is 48.2 Å². The van der Waals surface area contributed by atoms with Crippen LogP contribution in [-0.4, -0.2) is 47.3 Å². The zero-order valence-corrected chi connectivity index (χ0v) is 17.8. The minimum Gasteiger partial charge on any atom is -0.465 e. The summed E-state index contributed by atoms with van der Waals surface area (Å²) in [6.07, 6.45) is 1.73. The Kier molecular flexibility index (Phi) is 6.04. The third-order valence-corrected chi connectivity index (χ3v) is 6.63. The van der Waals surface area contributed by atoms with Gasteiger partial charge in [-0.3, -0.25) is 0 Å². The predicted molar refractivity (Wildman–Crippen MR) is 119 cm³/mol. The number of hydrogen-bond donors (Lipinski definition) is 1. The molecular formula is C21H19Cl2N3O2S. The van der Waals surface area contributed by atoms with Crippen molar-refractivity contribution in [3.63, 3.8) is 0 Å². The Labute approximate surface area is 183 Å². The molecule has 0 unspecified atom stereocenters. The van der Waals surface area contributed by atoms with Crippen LogP contribution in [0.3, 0.4) is 0 Å². The van der Waals surface area contributed by atoms with Crippen LogP contribution in [0.1, 0.15) is 6.42 Å². The molecule has 4 rings (SSSR count). The minimum atomic E-state index is -0.863. The summed E-state index contributed by atoms with van der Waals surface area (Å²) in [5.41, 5.74) is 0. The van der Waals surface area contributed by atoms with E-state index in [-0.39, 0.29) is 0 Å². The van der Waals surface area contributed by atoms with Crippen LogP contribution in [0, 0.1) is 0 Å². The summed E-state index contributed by atoms with van der Waals surface area (Å²) in [6, 6.07) is 13.9. The molecule has 150 valence electrons. The Morgan fingerprint density at radius 1 is 0.966 bits per heavy atom. The van der Waals surface area contributed by atoms with Crippen LogP contribution >= 0.6 is 35.0 Å². The number of carboxylic acid groups (broad SMARTS) is 1. The van der Waals surface area contributed by atoms with Crippen molar-refractivity contribution in [2.24, 2.45) is 0 Å². The number of fused-ring (bicyclic) bond motifs is 1. The molecule has 0 bridgehead atoms. The van der Waals surface area contributed by atoms with Crippen molar-refractivity contribution in [2.45, 2.75) is 16.2 Å². The molecule has 0 aliphatic carbocycles. The summed E-state index contributed by atoms with van der Waals surface area (Å²) >= 11 is 13.8. The van der Waals surface area contributed by atoms with Gasteiger partial charge in [-0.25, -0.2) is 9.78 Å². The van der Waals surface area contributed by atoms with Crippen LogP contribution in [-0.2, 0) is 0 Å². The zero-order valence-electron chi connectivity index (χ0n) is 15.5. The van der Waals surface area contributed by atoms with Gasteiger partial charge < -0.3 is 14.9 Å². The van der Waals surface area contributed by atoms with E-state index >= 15 is 0 Å². The summed E-state index contributed by atoms with van der Waals surface area (Å²) in [6.45, 7) is 2.43. The molecule has 2 heterocycles. The van der Waals surface area contributed by atoms with E-state index in [4.69, 9.17) is 23.2 Å². The Morgan fingerprint density at radius 2 is 1.76 bits per heavy atom. The lowest BCUT2D eigenvalue weighted by Crippen LogP contribution is -2.34. The van der Waals surface area contributed by atoms with Gasteiger partial charge in [0.05, 0.1) is 10.0 Å². The van der Waals surface area contributed by atoms with Gasteiger partial charge >= 0.3 is 6.09 Å². The second-order valence-electron chi connectivity index (χ2n) is 6.81. The lowest BCUT2D eigenvalue weighted by atomic mass is 10.1. The number of halogens is 2. The summed E-state index contributed by atoms with van der Waals surface area (Å²) < 4.78 is 0. The topological polar surface area (TPSA) is 56.7 Å². The standard InChI is InChI=1S/C21H19Cl2N3O2S/c22-18-5-4-16(13-19(18)23)29-15-3-2-14-6-7-24-20(17(14)12-15)25-8-1-9-26(11-10-25)21(27)28/h2-7,12-13H,1,8-11H2,(H,27,28). The predicted octanol–water partition coefficient (Wildman–Crippen LogP) is 5.88. The van der Waals surface area contributed by atoms with Crippen LogP contribution in [0.2, 0.25) is 10.0 Å². The molecule has 8 heteroatoms. The first-order valence-corrected chi connectivity index (χ1v) is 10.8. The number of amides is 1. The van der Waals surface area contributed by atoms with Crippen molar-refractivity contribution >= 4 is 57.6 Å². The number of pyridine rings is 1. The fourth-order valence-electron chi connectivity index (χ4n) is 3.44. The third kappa shape index (κ3) is 4.55. The van der Waals surface area contributed by atoms with Gasteiger partial charge in [0, 0.05) is 47.6 Å². The molecule has 2 aromatic carbocycles. The number of carbonyl (C=O) groups is 1. The number of hydrogen-bond acceptors (Lipinski definition) is 4. The molecular weight excluding hydrogens is 429 g/mol. The fourth-order valence-corrected chi connectivity index (χ4v) is 4.71. The maximum absolute atomic E-state index is 11.3. The highest BCUT2D eigenvalue weighted by molar-refractivity contribution is 7.99. The first-order chi connectivity index (χ1) is 14.0. The molecule has 5 nitrogen and oxygen atoms in total. The van der Waals surface area contributed by atoms with E-state index in [1.807, 2.05) is 24.4 Å². The molecule has 1 fully saturated rings. The molecule has 1 aliphatic rings. The second-order valence-corrected chi connectivity index (χ2v) is 8.77. The summed E-state index contributed by atoms with van der Waals surface area (Å²) in [5.74, 6) is 0.895. The molecule has 0 saturated carbocycles. The third-order valence-electron chi connectivity index (χ3n) is 4.91. The van der Waals surface area contributed by atoms with Gasteiger partial charge in [-0.2, -0.15) is 0 Å². The Morgan fingerprint density at radius 3 is 2.55 bits per heavy atom. The molecule has 1 aliphatic heterocycles. The molecule has 3 aromatic rings. The number of nitrogens with zero attached hydrogens (tertiary/aromatic N) is 3. The number of anilines is 1. The van der Waals surface area contributed by atoms with E-state index in [0.29, 0.717) is 29.7 Å². The van der Waals surface area contributed by atoms with Gasteiger partial charge in [0.15, 0.2) is 0 Å². The van der Waals surface area contributed by atoms with E-state index in [1.54, 1.807) is 17.8 Å². The maximum Gasteiger partial charge on any atom is 0.407 e. The summed E-state index contributed by atoms with van der Waals surface area (Å²) in [5, 5.41) is 12.5. The quantitative estimate of drug-likeness (QED) is 0.542. The molecule has 29 heavy (non-hydrogen) atoms. The lowest BCUT2D eigenvalue weighted by Gasteiger charge is -2.23. The van der Waals surface area contributed by atoms with Crippen molar-refractivity contribution < 1.29 is 9.90 Å².